The molecule has 0 radical (unpaired) electrons. The number of hydrogen-bond acceptors (Lipinski definition) is 2. The molecule has 0 bridgehead atoms. The Morgan fingerprint density at radius 1 is 1.18 bits per heavy atom. The molecule has 1 aliphatic carbocycles. The molecule has 22 heavy (non-hydrogen) atoms. The fourth-order valence-electron chi connectivity index (χ4n) is 3.64. The third kappa shape index (κ3) is 4.72. The summed E-state index contributed by atoms with van der Waals surface area (Å²) in [6.07, 6.45) is 6.50. The zero-order chi connectivity index (χ0) is 14.5. The van der Waals surface area contributed by atoms with Crippen LogP contribution in [0.1, 0.15) is 36.8 Å². The molecule has 2 unspecified atom stereocenters. The van der Waals surface area contributed by atoms with Crippen molar-refractivity contribution < 1.29 is 4.79 Å². The third-order valence-electron chi connectivity index (χ3n) is 4.91. The second-order valence-electron chi connectivity index (χ2n) is 6.60. The molecule has 2 aliphatic rings. The van der Waals surface area contributed by atoms with Gasteiger partial charge in [-0.3, -0.25) is 4.79 Å². The molecule has 1 aromatic rings. The summed E-state index contributed by atoms with van der Waals surface area (Å²) in [5.41, 5.74) is 2.92. The lowest BCUT2D eigenvalue weighted by Gasteiger charge is -2.25. The quantitative estimate of drug-likeness (QED) is 0.895. The molecule has 0 saturated carbocycles. The maximum absolute atomic E-state index is 12.1. The van der Waals surface area contributed by atoms with E-state index in [2.05, 4.69) is 34.9 Å². The van der Waals surface area contributed by atoms with Crippen molar-refractivity contribution in [1.29, 1.82) is 0 Å². The Bertz CT molecular complexity index is 486. The molecule has 1 saturated heterocycles. The van der Waals surface area contributed by atoms with Crippen molar-refractivity contribution in [2.24, 2.45) is 11.8 Å². The Morgan fingerprint density at radius 2 is 2.00 bits per heavy atom. The van der Waals surface area contributed by atoms with Gasteiger partial charge in [0.25, 0.3) is 0 Å². The number of piperidine rings is 1. The highest BCUT2D eigenvalue weighted by molar-refractivity contribution is 5.85. The van der Waals surface area contributed by atoms with Gasteiger partial charge >= 0.3 is 0 Å². The number of benzene rings is 1. The van der Waals surface area contributed by atoms with E-state index in [0.29, 0.717) is 18.3 Å². The molecule has 0 aromatic heterocycles. The van der Waals surface area contributed by atoms with E-state index in [1.807, 2.05) is 0 Å². The summed E-state index contributed by atoms with van der Waals surface area (Å²) in [4.78, 5) is 12.1. The van der Waals surface area contributed by atoms with Gasteiger partial charge in [0.1, 0.15) is 0 Å². The van der Waals surface area contributed by atoms with Gasteiger partial charge in [0, 0.05) is 13.0 Å². The monoisotopic (exact) mass is 322 g/mol. The molecule has 1 heterocycles. The van der Waals surface area contributed by atoms with Gasteiger partial charge < -0.3 is 10.6 Å². The lowest BCUT2D eigenvalue weighted by Crippen LogP contribution is -2.38. The van der Waals surface area contributed by atoms with Crippen molar-refractivity contribution in [1.82, 2.24) is 10.6 Å². The lowest BCUT2D eigenvalue weighted by atomic mass is 9.82. The number of aryl methyl sites for hydroxylation is 1. The molecule has 0 spiro atoms. The zero-order valence-corrected chi connectivity index (χ0v) is 14.0. The maximum atomic E-state index is 12.1. The van der Waals surface area contributed by atoms with Crippen molar-refractivity contribution >= 4 is 18.3 Å². The number of amides is 1. The predicted molar refractivity (Wildman–Crippen MR) is 92.4 cm³/mol. The van der Waals surface area contributed by atoms with E-state index >= 15 is 0 Å². The van der Waals surface area contributed by atoms with Crippen LogP contribution in [0.4, 0.5) is 0 Å². The first-order chi connectivity index (χ1) is 10.3. The third-order valence-corrected chi connectivity index (χ3v) is 4.91. The Morgan fingerprint density at radius 3 is 2.77 bits per heavy atom. The highest BCUT2D eigenvalue weighted by atomic mass is 35.5. The van der Waals surface area contributed by atoms with E-state index < -0.39 is 0 Å². The van der Waals surface area contributed by atoms with Gasteiger partial charge in [0.05, 0.1) is 0 Å². The minimum Gasteiger partial charge on any atom is -0.356 e. The normalized spacial score (nSPS) is 24.0. The molecule has 2 atom stereocenters. The van der Waals surface area contributed by atoms with Crippen LogP contribution in [-0.2, 0) is 17.6 Å². The average Bonchev–Trinajstić information content (AvgIpc) is 2.54. The van der Waals surface area contributed by atoms with Gasteiger partial charge in [-0.1, -0.05) is 24.3 Å². The van der Waals surface area contributed by atoms with Gasteiger partial charge in [-0.05, 0) is 68.2 Å². The van der Waals surface area contributed by atoms with Gasteiger partial charge in [0.2, 0.25) is 5.91 Å². The highest BCUT2D eigenvalue weighted by Gasteiger charge is 2.21. The SMILES string of the molecule is Cl.O=C(CC1CCc2ccccc2C1)NCC1CCCNC1. The summed E-state index contributed by atoms with van der Waals surface area (Å²) < 4.78 is 0. The van der Waals surface area contributed by atoms with E-state index in [1.54, 1.807) is 0 Å². The Balaban J connectivity index is 0.00000176. The molecule has 3 rings (SSSR count). The van der Waals surface area contributed by atoms with Crippen molar-refractivity contribution in [3.05, 3.63) is 35.4 Å². The Hall–Kier alpha value is -1.06. The summed E-state index contributed by atoms with van der Waals surface area (Å²) in [7, 11) is 0. The largest absolute Gasteiger partial charge is 0.356 e. The summed E-state index contributed by atoms with van der Waals surface area (Å²) in [6.45, 7) is 3.03. The molecule has 1 aromatic carbocycles. The summed E-state index contributed by atoms with van der Waals surface area (Å²) in [5.74, 6) is 1.38. The zero-order valence-electron chi connectivity index (χ0n) is 13.1. The summed E-state index contributed by atoms with van der Waals surface area (Å²) in [6, 6.07) is 8.66. The van der Waals surface area contributed by atoms with Crippen LogP contribution < -0.4 is 10.6 Å². The number of halogens is 1. The molecule has 122 valence electrons. The number of nitrogens with one attached hydrogen (secondary N) is 2. The van der Waals surface area contributed by atoms with Crippen LogP contribution in [0.2, 0.25) is 0 Å². The van der Waals surface area contributed by atoms with Crippen LogP contribution in [0, 0.1) is 11.8 Å². The highest BCUT2D eigenvalue weighted by Crippen LogP contribution is 2.27. The molecule has 1 fully saturated rings. The van der Waals surface area contributed by atoms with Crippen LogP contribution in [0.15, 0.2) is 24.3 Å². The molecular weight excluding hydrogens is 296 g/mol. The lowest BCUT2D eigenvalue weighted by molar-refractivity contribution is -0.122. The van der Waals surface area contributed by atoms with Crippen molar-refractivity contribution in [2.75, 3.05) is 19.6 Å². The number of carbonyl (C=O) groups is 1. The van der Waals surface area contributed by atoms with Crippen LogP contribution >= 0.6 is 12.4 Å². The minimum absolute atomic E-state index is 0. The minimum atomic E-state index is 0. The van der Waals surface area contributed by atoms with Crippen LogP contribution in [-0.4, -0.2) is 25.5 Å². The number of carbonyl (C=O) groups excluding carboxylic acids is 1. The van der Waals surface area contributed by atoms with E-state index in [-0.39, 0.29) is 18.3 Å². The molecule has 2 N–H and O–H groups in total. The van der Waals surface area contributed by atoms with Crippen LogP contribution in [0.5, 0.6) is 0 Å². The van der Waals surface area contributed by atoms with Crippen molar-refractivity contribution in [2.45, 2.75) is 38.5 Å². The van der Waals surface area contributed by atoms with Gasteiger partial charge in [0.15, 0.2) is 0 Å². The van der Waals surface area contributed by atoms with E-state index in [0.717, 1.165) is 38.9 Å². The predicted octanol–water partition coefficient (Wildman–Crippen LogP) is 2.72. The molecule has 4 heteroatoms. The number of fused-ring (bicyclic) bond motifs is 1. The maximum Gasteiger partial charge on any atom is 0.220 e. The van der Waals surface area contributed by atoms with E-state index in [4.69, 9.17) is 0 Å². The standard InChI is InChI=1S/C18H26N2O.ClH/c21-18(20-13-15-4-3-9-19-12-15)11-14-7-8-16-5-1-2-6-17(16)10-14;/h1-2,5-6,14-15,19H,3-4,7-13H2,(H,20,21);1H. The summed E-state index contributed by atoms with van der Waals surface area (Å²) >= 11 is 0. The fraction of sp³-hybridized carbons (Fsp3) is 0.611. The first kappa shape index (κ1) is 17.3. The second kappa shape index (κ2) is 8.54. The van der Waals surface area contributed by atoms with E-state index in [9.17, 15) is 4.79 Å². The second-order valence-corrected chi connectivity index (χ2v) is 6.60. The van der Waals surface area contributed by atoms with E-state index in [1.165, 1.54) is 24.0 Å². The first-order valence-electron chi connectivity index (χ1n) is 8.35. The fourth-order valence-corrected chi connectivity index (χ4v) is 3.64. The first-order valence-corrected chi connectivity index (χ1v) is 8.35. The smallest absolute Gasteiger partial charge is 0.220 e. The molecule has 1 aliphatic heterocycles. The average molecular weight is 323 g/mol. The molecule has 3 nitrogen and oxygen atoms in total. The summed E-state index contributed by atoms with van der Waals surface area (Å²) in [5, 5.41) is 6.54. The Kier molecular flexibility index (Phi) is 6.71. The molecular formula is C18H27ClN2O. The van der Waals surface area contributed by atoms with Gasteiger partial charge in [-0.25, -0.2) is 0 Å². The van der Waals surface area contributed by atoms with Crippen LogP contribution in [0.3, 0.4) is 0 Å². The van der Waals surface area contributed by atoms with Crippen molar-refractivity contribution in [3.8, 4) is 0 Å². The van der Waals surface area contributed by atoms with Gasteiger partial charge in [-0.2, -0.15) is 0 Å². The topological polar surface area (TPSA) is 41.1 Å². The number of rotatable bonds is 4. The van der Waals surface area contributed by atoms with Crippen molar-refractivity contribution in [3.63, 3.8) is 0 Å². The number of hydrogen-bond donors (Lipinski definition) is 2. The molecule has 1 amide bonds. The van der Waals surface area contributed by atoms with Crippen LogP contribution in [0.25, 0.3) is 0 Å². The Labute approximate surface area is 139 Å². The van der Waals surface area contributed by atoms with Gasteiger partial charge in [-0.15, -0.1) is 12.4 Å².